The second-order valence-corrected chi connectivity index (χ2v) is 6.79. The zero-order valence-corrected chi connectivity index (χ0v) is 16.1. The molecular formula is C24H21N3O2. The molecule has 0 saturated carbocycles. The maximum Gasteiger partial charge on any atom is 0.251 e. The summed E-state index contributed by atoms with van der Waals surface area (Å²) in [4.78, 5) is 28.6. The van der Waals surface area contributed by atoms with Crippen molar-refractivity contribution in [3.63, 3.8) is 0 Å². The third-order valence-corrected chi connectivity index (χ3v) is 4.90. The molecule has 0 atom stereocenters. The zero-order chi connectivity index (χ0) is 20.2. The van der Waals surface area contributed by atoms with Crippen LogP contribution in [0.1, 0.15) is 34.2 Å². The molecule has 1 amide bonds. The minimum atomic E-state index is -0.132. The number of nitrogens with one attached hydrogen (secondary N) is 1. The summed E-state index contributed by atoms with van der Waals surface area (Å²) in [6.45, 7) is 2.25. The Labute approximate surface area is 169 Å². The fraction of sp³-hybridized carbons (Fsp3) is 0.125. The van der Waals surface area contributed by atoms with E-state index < -0.39 is 0 Å². The molecule has 2 aromatic heterocycles. The number of carbonyl (C=O) groups is 2. The molecule has 5 heteroatoms. The molecule has 0 aliphatic rings. The van der Waals surface area contributed by atoms with Gasteiger partial charge in [0.05, 0.1) is 17.8 Å². The van der Waals surface area contributed by atoms with Crippen LogP contribution < -0.4 is 5.32 Å². The largest absolute Gasteiger partial charge is 0.346 e. The third kappa shape index (κ3) is 3.94. The predicted octanol–water partition coefficient (Wildman–Crippen LogP) is 4.68. The number of benzene rings is 2. The second-order valence-electron chi connectivity index (χ2n) is 6.79. The molecule has 29 heavy (non-hydrogen) atoms. The van der Waals surface area contributed by atoms with Crippen LogP contribution >= 0.6 is 0 Å². The van der Waals surface area contributed by atoms with Crippen LogP contribution in [0.15, 0.2) is 79.1 Å². The number of hydrogen-bond donors (Lipinski definition) is 1. The van der Waals surface area contributed by atoms with Crippen LogP contribution in [0.5, 0.6) is 0 Å². The highest BCUT2D eigenvalue weighted by atomic mass is 16.2. The Bertz CT molecular complexity index is 1160. The lowest BCUT2D eigenvalue weighted by atomic mass is 10.0. The number of rotatable bonds is 5. The molecular weight excluding hydrogens is 362 g/mol. The summed E-state index contributed by atoms with van der Waals surface area (Å²) in [7, 11) is 0. The van der Waals surface area contributed by atoms with E-state index in [2.05, 4.69) is 16.4 Å². The first-order chi connectivity index (χ1) is 14.2. The van der Waals surface area contributed by atoms with Crippen molar-refractivity contribution in [3.05, 3.63) is 90.4 Å². The summed E-state index contributed by atoms with van der Waals surface area (Å²) in [5.41, 5.74) is 4.39. The van der Waals surface area contributed by atoms with Crippen molar-refractivity contribution in [2.45, 2.75) is 19.9 Å². The third-order valence-electron chi connectivity index (χ3n) is 4.90. The van der Waals surface area contributed by atoms with Crippen molar-refractivity contribution in [2.75, 3.05) is 0 Å². The van der Waals surface area contributed by atoms with Gasteiger partial charge in [-0.1, -0.05) is 31.2 Å². The van der Waals surface area contributed by atoms with Crippen LogP contribution in [0.3, 0.4) is 0 Å². The molecule has 4 rings (SSSR count). The number of amides is 1. The first-order valence-electron chi connectivity index (χ1n) is 9.58. The van der Waals surface area contributed by atoms with Crippen LogP contribution in [-0.2, 0) is 6.54 Å². The fourth-order valence-corrected chi connectivity index (χ4v) is 3.30. The lowest BCUT2D eigenvalue weighted by Gasteiger charge is -2.07. The monoisotopic (exact) mass is 383 g/mol. The Morgan fingerprint density at radius 2 is 1.76 bits per heavy atom. The van der Waals surface area contributed by atoms with Gasteiger partial charge in [-0.25, -0.2) is 0 Å². The quantitative estimate of drug-likeness (QED) is 0.544. The predicted molar refractivity (Wildman–Crippen MR) is 114 cm³/mol. The van der Waals surface area contributed by atoms with Gasteiger partial charge in [0.25, 0.3) is 5.91 Å². The molecule has 1 N–H and O–H groups in total. The molecule has 5 nitrogen and oxygen atoms in total. The summed E-state index contributed by atoms with van der Waals surface area (Å²) >= 11 is 0. The Balaban J connectivity index is 1.50. The molecule has 0 aliphatic carbocycles. The van der Waals surface area contributed by atoms with Crippen molar-refractivity contribution in [1.29, 1.82) is 0 Å². The summed E-state index contributed by atoms with van der Waals surface area (Å²) in [5.74, 6) is -0.0540. The van der Waals surface area contributed by atoms with E-state index in [9.17, 15) is 9.59 Å². The minimum Gasteiger partial charge on any atom is -0.346 e. The van der Waals surface area contributed by atoms with E-state index in [0.29, 0.717) is 18.5 Å². The van der Waals surface area contributed by atoms with Gasteiger partial charge in [-0.05, 0) is 53.6 Å². The number of aromatic nitrogens is 2. The van der Waals surface area contributed by atoms with Gasteiger partial charge in [0.1, 0.15) is 0 Å². The highest BCUT2D eigenvalue weighted by Gasteiger charge is 2.09. The molecule has 2 aromatic carbocycles. The molecule has 0 saturated heterocycles. The molecule has 2 heterocycles. The number of hydrogen-bond acceptors (Lipinski definition) is 3. The molecule has 0 unspecified atom stereocenters. The Hall–Kier alpha value is -3.73. The van der Waals surface area contributed by atoms with Gasteiger partial charge in [0, 0.05) is 29.8 Å². The van der Waals surface area contributed by atoms with Gasteiger partial charge in [0.2, 0.25) is 5.91 Å². The molecule has 0 bridgehead atoms. The SMILES string of the molecule is CCC(=O)n1ccc2cc(-c3ccc(C(=O)NCc4ccccn4)cc3)ccc21. The molecule has 4 aromatic rings. The highest BCUT2D eigenvalue weighted by molar-refractivity contribution is 5.96. The molecule has 0 aliphatic heterocycles. The number of fused-ring (bicyclic) bond motifs is 1. The van der Waals surface area contributed by atoms with Crippen molar-refractivity contribution < 1.29 is 9.59 Å². The summed E-state index contributed by atoms with van der Waals surface area (Å²) < 4.78 is 1.69. The fourth-order valence-electron chi connectivity index (χ4n) is 3.30. The van der Waals surface area contributed by atoms with E-state index in [1.54, 1.807) is 10.8 Å². The molecule has 0 spiro atoms. The van der Waals surface area contributed by atoms with Crippen molar-refractivity contribution in [2.24, 2.45) is 0 Å². The van der Waals surface area contributed by atoms with Crippen LogP contribution in [0, 0.1) is 0 Å². The maximum atomic E-state index is 12.4. The summed E-state index contributed by atoms with van der Waals surface area (Å²) in [6.07, 6.45) is 3.99. The van der Waals surface area contributed by atoms with E-state index in [-0.39, 0.29) is 11.8 Å². The average molecular weight is 383 g/mol. The first kappa shape index (κ1) is 18.6. The Kier molecular flexibility index (Phi) is 5.20. The van der Waals surface area contributed by atoms with Gasteiger partial charge < -0.3 is 5.32 Å². The highest BCUT2D eigenvalue weighted by Crippen LogP contribution is 2.26. The van der Waals surface area contributed by atoms with Gasteiger partial charge in [-0.15, -0.1) is 0 Å². The Morgan fingerprint density at radius 1 is 0.966 bits per heavy atom. The maximum absolute atomic E-state index is 12.4. The van der Waals surface area contributed by atoms with Crippen molar-refractivity contribution in [1.82, 2.24) is 14.9 Å². The van der Waals surface area contributed by atoms with Crippen LogP contribution in [0.25, 0.3) is 22.0 Å². The van der Waals surface area contributed by atoms with Gasteiger partial charge in [-0.3, -0.25) is 19.1 Å². The first-order valence-corrected chi connectivity index (χ1v) is 9.58. The van der Waals surface area contributed by atoms with Gasteiger partial charge in [0.15, 0.2) is 0 Å². The number of carbonyl (C=O) groups excluding carboxylic acids is 2. The van der Waals surface area contributed by atoms with Gasteiger partial charge in [-0.2, -0.15) is 0 Å². The number of pyridine rings is 1. The van der Waals surface area contributed by atoms with Crippen LogP contribution in [-0.4, -0.2) is 21.4 Å². The second kappa shape index (κ2) is 8.10. The topological polar surface area (TPSA) is 64.0 Å². The summed E-state index contributed by atoms with van der Waals surface area (Å²) in [5, 5.41) is 3.90. The van der Waals surface area contributed by atoms with Crippen LogP contribution in [0.2, 0.25) is 0 Å². The van der Waals surface area contributed by atoms with E-state index in [4.69, 9.17) is 0 Å². The number of nitrogens with zero attached hydrogens (tertiary/aromatic N) is 2. The minimum absolute atomic E-state index is 0.0776. The van der Waals surface area contributed by atoms with E-state index in [1.807, 2.05) is 73.8 Å². The lowest BCUT2D eigenvalue weighted by Crippen LogP contribution is -2.23. The van der Waals surface area contributed by atoms with Crippen molar-refractivity contribution in [3.8, 4) is 11.1 Å². The van der Waals surface area contributed by atoms with Gasteiger partial charge >= 0.3 is 0 Å². The zero-order valence-electron chi connectivity index (χ0n) is 16.1. The normalized spacial score (nSPS) is 10.8. The molecule has 0 radical (unpaired) electrons. The van der Waals surface area contributed by atoms with E-state index in [1.165, 1.54) is 0 Å². The van der Waals surface area contributed by atoms with E-state index in [0.717, 1.165) is 27.7 Å². The van der Waals surface area contributed by atoms with Crippen LogP contribution in [0.4, 0.5) is 0 Å². The molecule has 144 valence electrons. The Morgan fingerprint density at radius 3 is 2.48 bits per heavy atom. The standard InChI is InChI=1S/C24H21N3O2/c1-2-23(28)27-14-12-20-15-19(10-11-22(20)27)17-6-8-18(9-7-17)24(29)26-16-21-5-3-4-13-25-21/h3-15H,2,16H2,1H3,(H,26,29). The van der Waals surface area contributed by atoms with E-state index >= 15 is 0 Å². The smallest absolute Gasteiger partial charge is 0.251 e. The molecule has 0 fully saturated rings. The lowest BCUT2D eigenvalue weighted by molar-refractivity contribution is 0.0912. The van der Waals surface area contributed by atoms with Crippen molar-refractivity contribution >= 4 is 22.7 Å². The summed E-state index contributed by atoms with van der Waals surface area (Å²) in [6, 6.07) is 21.1. The average Bonchev–Trinajstić information content (AvgIpc) is 3.21.